The largest absolute Gasteiger partial charge is 0.298 e. The second kappa shape index (κ2) is 6.20. The molecule has 2 nitrogen and oxygen atoms in total. The molecule has 1 aromatic heterocycles. The Morgan fingerprint density at radius 1 is 0.957 bits per heavy atom. The lowest BCUT2D eigenvalue weighted by molar-refractivity contribution is 0.112. The van der Waals surface area contributed by atoms with Crippen LogP contribution in [0.1, 0.15) is 32.6 Å². The summed E-state index contributed by atoms with van der Waals surface area (Å²) in [5.41, 5.74) is 3.65. The van der Waals surface area contributed by atoms with Gasteiger partial charge in [0.2, 0.25) is 0 Å². The third kappa shape index (κ3) is 2.58. The van der Waals surface area contributed by atoms with Crippen LogP contribution in [0.3, 0.4) is 0 Å². The van der Waals surface area contributed by atoms with Gasteiger partial charge in [0.05, 0.1) is 6.07 Å². The molecule has 1 atom stereocenters. The number of hydrogen-bond donors (Lipinski definition) is 0. The number of carbonyl (C=O) groups is 1. The Labute approximate surface area is 139 Å². The maximum Gasteiger partial charge on any atom is 0.150 e. The predicted molar refractivity (Wildman–Crippen MR) is 92.8 cm³/mol. The minimum Gasteiger partial charge on any atom is -0.298 e. The van der Waals surface area contributed by atoms with E-state index in [2.05, 4.69) is 6.07 Å². The first kappa shape index (κ1) is 15.2. The van der Waals surface area contributed by atoms with Crippen LogP contribution in [0.2, 0.25) is 0 Å². The second-order valence-electron chi connectivity index (χ2n) is 5.48. The average Bonchev–Trinajstić information content (AvgIpc) is 3.13. The summed E-state index contributed by atoms with van der Waals surface area (Å²) in [4.78, 5) is 10.9. The van der Waals surface area contributed by atoms with E-state index < -0.39 is 5.41 Å². The molecule has 3 heteroatoms. The molecule has 2 aromatic carbocycles. The fourth-order valence-electron chi connectivity index (χ4n) is 2.79. The summed E-state index contributed by atoms with van der Waals surface area (Å²) in [5, 5.41) is 14.1. The van der Waals surface area contributed by atoms with Gasteiger partial charge in [0.25, 0.3) is 0 Å². The summed E-state index contributed by atoms with van der Waals surface area (Å²) in [7, 11) is 0. The van der Waals surface area contributed by atoms with Crippen molar-refractivity contribution in [2.24, 2.45) is 0 Å². The van der Waals surface area contributed by atoms with Crippen LogP contribution < -0.4 is 0 Å². The van der Waals surface area contributed by atoms with Gasteiger partial charge >= 0.3 is 0 Å². The van der Waals surface area contributed by atoms with Crippen LogP contribution in [0.5, 0.6) is 0 Å². The highest BCUT2D eigenvalue weighted by Crippen LogP contribution is 2.39. The molecule has 1 unspecified atom stereocenters. The number of aryl methyl sites for hydroxylation is 1. The molecule has 3 aromatic rings. The van der Waals surface area contributed by atoms with Gasteiger partial charge in [0, 0.05) is 5.56 Å². The van der Waals surface area contributed by atoms with Gasteiger partial charge in [-0.3, -0.25) is 4.79 Å². The highest BCUT2D eigenvalue weighted by molar-refractivity contribution is 7.08. The Bertz CT molecular complexity index is 842. The van der Waals surface area contributed by atoms with Gasteiger partial charge < -0.3 is 0 Å². The van der Waals surface area contributed by atoms with E-state index in [0.717, 1.165) is 28.5 Å². The second-order valence-corrected chi connectivity index (χ2v) is 6.26. The minimum absolute atomic E-state index is 0.606. The number of thiophene rings is 1. The topological polar surface area (TPSA) is 40.9 Å². The molecule has 0 amide bonds. The molecule has 3 rings (SSSR count). The number of nitriles is 1. The number of carbonyl (C=O) groups excluding carboxylic acids is 1. The minimum atomic E-state index is -0.866. The van der Waals surface area contributed by atoms with Crippen molar-refractivity contribution in [2.45, 2.75) is 12.3 Å². The Balaban J connectivity index is 2.26. The van der Waals surface area contributed by atoms with Crippen LogP contribution >= 0.6 is 11.3 Å². The normalized spacial score (nSPS) is 13.0. The van der Waals surface area contributed by atoms with Crippen molar-refractivity contribution in [3.8, 4) is 6.07 Å². The van der Waals surface area contributed by atoms with E-state index in [1.54, 1.807) is 23.5 Å². The monoisotopic (exact) mass is 317 g/mol. The quantitative estimate of drug-likeness (QED) is 0.653. The average molecular weight is 317 g/mol. The molecule has 0 fully saturated rings. The number of aldehydes is 1. The smallest absolute Gasteiger partial charge is 0.150 e. The Morgan fingerprint density at radius 3 is 2.04 bits per heavy atom. The summed E-state index contributed by atoms with van der Waals surface area (Å²) in [6.45, 7) is 2.03. The van der Waals surface area contributed by atoms with E-state index >= 15 is 0 Å². The lowest BCUT2D eigenvalue weighted by Gasteiger charge is -2.27. The number of rotatable bonds is 4. The van der Waals surface area contributed by atoms with Crippen LogP contribution in [-0.2, 0) is 5.41 Å². The summed E-state index contributed by atoms with van der Waals surface area (Å²) >= 11 is 1.57. The number of benzene rings is 2. The predicted octanol–water partition coefficient (Wildman–Crippen LogP) is 4.73. The molecule has 0 saturated heterocycles. The zero-order valence-corrected chi connectivity index (χ0v) is 13.5. The van der Waals surface area contributed by atoms with Crippen molar-refractivity contribution >= 4 is 17.6 Å². The van der Waals surface area contributed by atoms with Crippen molar-refractivity contribution in [3.05, 3.63) is 93.2 Å². The van der Waals surface area contributed by atoms with Crippen molar-refractivity contribution < 1.29 is 4.79 Å². The fraction of sp³-hybridized carbons (Fsp3) is 0.100. The summed E-state index contributed by atoms with van der Waals surface area (Å²) in [5.74, 6) is 0. The first-order valence-corrected chi connectivity index (χ1v) is 8.22. The molecular formula is C20H15NOS. The molecule has 1 heterocycles. The van der Waals surface area contributed by atoms with E-state index in [4.69, 9.17) is 0 Å². The third-order valence-corrected chi connectivity index (χ3v) is 4.77. The van der Waals surface area contributed by atoms with Crippen molar-refractivity contribution in [1.82, 2.24) is 0 Å². The maximum absolute atomic E-state index is 10.9. The van der Waals surface area contributed by atoms with Crippen LogP contribution in [0.15, 0.2) is 65.4 Å². The standard InChI is InChI=1S/C20H15NOS/c1-15-2-6-17(7-3-15)20(14-21,19-10-11-23-13-19)18-8-4-16(12-22)5-9-18/h2-13H,1H3. The van der Waals surface area contributed by atoms with Gasteiger partial charge in [-0.2, -0.15) is 16.6 Å². The lowest BCUT2D eigenvalue weighted by Crippen LogP contribution is -2.26. The molecule has 0 aliphatic carbocycles. The van der Waals surface area contributed by atoms with Gasteiger partial charge in [-0.1, -0.05) is 54.1 Å². The van der Waals surface area contributed by atoms with E-state index in [0.29, 0.717) is 5.56 Å². The van der Waals surface area contributed by atoms with Crippen molar-refractivity contribution in [1.29, 1.82) is 5.26 Å². The molecule has 0 saturated carbocycles. The van der Waals surface area contributed by atoms with Crippen LogP contribution in [0, 0.1) is 18.3 Å². The molecule has 0 aliphatic heterocycles. The molecule has 112 valence electrons. The fourth-order valence-corrected chi connectivity index (χ4v) is 3.49. The van der Waals surface area contributed by atoms with Crippen molar-refractivity contribution in [2.75, 3.05) is 0 Å². The Hall–Kier alpha value is -2.70. The van der Waals surface area contributed by atoms with Gasteiger partial charge in [-0.15, -0.1) is 0 Å². The Morgan fingerprint density at radius 2 is 1.57 bits per heavy atom. The van der Waals surface area contributed by atoms with Crippen LogP contribution in [0.25, 0.3) is 0 Å². The first-order valence-electron chi connectivity index (χ1n) is 7.27. The molecule has 0 radical (unpaired) electrons. The zero-order chi connectivity index (χ0) is 16.3. The van der Waals surface area contributed by atoms with Crippen molar-refractivity contribution in [3.63, 3.8) is 0 Å². The van der Waals surface area contributed by atoms with Gasteiger partial charge in [0.15, 0.2) is 0 Å². The number of nitrogens with zero attached hydrogens (tertiary/aromatic N) is 1. The highest BCUT2D eigenvalue weighted by atomic mass is 32.1. The zero-order valence-electron chi connectivity index (χ0n) is 12.7. The molecule has 0 bridgehead atoms. The molecule has 23 heavy (non-hydrogen) atoms. The highest BCUT2D eigenvalue weighted by Gasteiger charge is 2.37. The molecule has 0 aliphatic rings. The van der Waals surface area contributed by atoms with Gasteiger partial charge in [-0.05, 0) is 40.4 Å². The first-order chi connectivity index (χ1) is 11.2. The SMILES string of the molecule is Cc1ccc(C(C#N)(c2ccc(C=O)cc2)c2ccsc2)cc1. The summed E-state index contributed by atoms with van der Waals surface area (Å²) in [6, 6.07) is 19.8. The summed E-state index contributed by atoms with van der Waals surface area (Å²) < 4.78 is 0. The number of hydrogen-bond acceptors (Lipinski definition) is 3. The molecular weight excluding hydrogens is 302 g/mol. The van der Waals surface area contributed by atoms with Gasteiger partial charge in [0.1, 0.15) is 11.7 Å². The summed E-state index contributed by atoms with van der Waals surface area (Å²) in [6.07, 6.45) is 0.814. The Kier molecular flexibility index (Phi) is 4.10. The van der Waals surface area contributed by atoms with Gasteiger partial charge in [-0.25, -0.2) is 0 Å². The lowest BCUT2D eigenvalue weighted by atomic mass is 9.71. The third-order valence-electron chi connectivity index (χ3n) is 4.09. The maximum atomic E-state index is 10.9. The van der Waals surface area contributed by atoms with E-state index in [1.807, 2.05) is 60.1 Å². The van der Waals surface area contributed by atoms with Crippen LogP contribution in [-0.4, -0.2) is 6.29 Å². The van der Waals surface area contributed by atoms with E-state index in [1.165, 1.54) is 0 Å². The molecule has 0 N–H and O–H groups in total. The molecule has 0 spiro atoms. The van der Waals surface area contributed by atoms with E-state index in [9.17, 15) is 10.1 Å². The van der Waals surface area contributed by atoms with E-state index in [-0.39, 0.29) is 0 Å². The van der Waals surface area contributed by atoms with Crippen LogP contribution in [0.4, 0.5) is 0 Å².